The van der Waals surface area contributed by atoms with Gasteiger partial charge in [0, 0.05) is 30.3 Å². The van der Waals surface area contributed by atoms with Crippen LogP contribution in [0, 0.1) is 18.3 Å². The second-order valence-corrected chi connectivity index (χ2v) is 8.24. The Bertz CT molecular complexity index is 1560. The zero-order valence-electron chi connectivity index (χ0n) is 19.0. The Morgan fingerprint density at radius 1 is 0.971 bits per heavy atom. The maximum absolute atomic E-state index is 11.4. The van der Waals surface area contributed by atoms with Crippen LogP contribution in [0.1, 0.15) is 29.2 Å². The molecule has 166 valence electrons. The Kier molecular flexibility index (Phi) is 5.44. The van der Waals surface area contributed by atoms with Crippen LogP contribution >= 0.6 is 0 Å². The van der Waals surface area contributed by atoms with Crippen molar-refractivity contribution in [3.05, 3.63) is 101 Å². The highest BCUT2D eigenvalue weighted by Gasteiger charge is 2.21. The summed E-state index contributed by atoms with van der Waals surface area (Å²) in [5, 5.41) is 16.4. The van der Waals surface area contributed by atoms with Crippen LogP contribution in [-0.2, 0) is 11.2 Å². The van der Waals surface area contributed by atoms with Crippen molar-refractivity contribution in [2.24, 2.45) is 0 Å². The SMILES string of the molecule is CC(=O)Nc1ccc(Nc2c(Cc3ccccc3)c(C)c(C#N)c3nc4ccccc4n23)cc1. The molecule has 6 heteroatoms. The normalized spacial score (nSPS) is 10.9. The zero-order chi connectivity index (χ0) is 23.7. The summed E-state index contributed by atoms with van der Waals surface area (Å²) in [4.78, 5) is 16.2. The second-order valence-electron chi connectivity index (χ2n) is 8.24. The number of rotatable bonds is 5. The number of anilines is 3. The predicted molar refractivity (Wildman–Crippen MR) is 135 cm³/mol. The van der Waals surface area contributed by atoms with Gasteiger partial charge in [-0.25, -0.2) is 4.98 Å². The van der Waals surface area contributed by atoms with Crippen LogP contribution in [0.2, 0.25) is 0 Å². The van der Waals surface area contributed by atoms with Crippen molar-refractivity contribution in [2.75, 3.05) is 10.6 Å². The molecular formula is C28H23N5O. The number of imidazole rings is 1. The molecule has 2 N–H and O–H groups in total. The van der Waals surface area contributed by atoms with Crippen molar-refractivity contribution in [3.8, 4) is 6.07 Å². The lowest BCUT2D eigenvalue weighted by Gasteiger charge is -2.19. The summed E-state index contributed by atoms with van der Waals surface area (Å²) in [6.07, 6.45) is 0.663. The number of carbonyl (C=O) groups excluding carboxylic acids is 1. The predicted octanol–water partition coefficient (Wildman–Crippen LogP) is 5.96. The average molecular weight is 446 g/mol. The fourth-order valence-corrected chi connectivity index (χ4v) is 4.31. The van der Waals surface area contributed by atoms with E-state index >= 15 is 0 Å². The van der Waals surface area contributed by atoms with Gasteiger partial charge in [0.25, 0.3) is 0 Å². The maximum Gasteiger partial charge on any atom is 0.221 e. The molecule has 6 nitrogen and oxygen atoms in total. The highest BCUT2D eigenvalue weighted by Crippen LogP contribution is 2.34. The third-order valence-electron chi connectivity index (χ3n) is 5.93. The number of benzene rings is 3. The number of nitrogens with zero attached hydrogens (tertiary/aromatic N) is 3. The fourth-order valence-electron chi connectivity index (χ4n) is 4.31. The molecule has 34 heavy (non-hydrogen) atoms. The molecule has 0 aliphatic rings. The quantitative estimate of drug-likeness (QED) is 0.350. The average Bonchev–Trinajstić information content (AvgIpc) is 3.22. The van der Waals surface area contributed by atoms with Gasteiger partial charge in [0.2, 0.25) is 5.91 Å². The van der Waals surface area contributed by atoms with Crippen molar-refractivity contribution in [1.29, 1.82) is 5.26 Å². The van der Waals surface area contributed by atoms with Gasteiger partial charge in [-0.3, -0.25) is 9.20 Å². The Labute approximate surface area is 197 Å². The van der Waals surface area contributed by atoms with Gasteiger partial charge >= 0.3 is 0 Å². The van der Waals surface area contributed by atoms with E-state index < -0.39 is 0 Å². The summed E-state index contributed by atoms with van der Waals surface area (Å²) in [5.41, 5.74) is 7.67. The van der Waals surface area contributed by atoms with E-state index in [0.29, 0.717) is 17.6 Å². The number of fused-ring (bicyclic) bond motifs is 3. The molecule has 5 rings (SSSR count). The third-order valence-corrected chi connectivity index (χ3v) is 5.93. The Balaban J connectivity index is 1.74. The van der Waals surface area contributed by atoms with E-state index in [0.717, 1.165) is 44.9 Å². The monoisotopic (exact) mass is 445 g/mol. The first-order valence-electron chi connectivity index (χ1n) is 11.1. The van der Waals surface area contributed by atoms with Crippen LogP contribution < -0.4 is 10.6 Å². The highest BCUT2D eigenvalue weighted by molar-refractivity contribution is 5.89. The van der Waals surface area contributed by atoms with Crippen molar-refractivity contribution in [1.82, 2.24) is 9.38 Å². The van der Waals surface area contributed by atoms with Crippen LogP contribution in [0.15, 0.2) is 78.9 Å². The number of nitrogens with one attached hydrogen (secondary N) is 2. The van der Waals surface area contributed by atoms with Crippen molar-refractivity contribution < 1.29 is 4.79 Å². The fraction of sp³-hybridized carbons (Fsp3) is 0.107. The third kappa shape index (κ3) is 3.84. The molecule has 2 heterocycles. The molecule has 0 fully saturated rings. The van der Waals surface area contributed by atoms with Crippen molar-refractivity contribution >= 4 is 39.8 Å². The molecule has 1 amide bonds. The van der Waals surface area contributed by atoms with Crippen LogP contribution in [0.25, 0.3) is 16.7 Å². The Morgan fingerprint density at radius 3 is 2.35 bits per heavy atom. The molecule has 3 aromatic carbocycles. The molecule has 0 aliphatic heterocycles. The Hall–Kier alpha value is -4.63. The van der Waals surface area contributed by atoms with Gasteiger partial charge in [-0.1, -0.05) is 42.5 Å². The largest absolute Gasteiger partial charge is 0.341 e. The molecule has 0 saturated heterocycles. The minimum atomic E-state index is -0.111. The van der Waals surface area contributed by atoms with Gasteiger partial charge in [-0.05, 0) is 54.4 Å². The van der Waals surface area contributed by atoms with Crippen LogP contribution in [0.5, 0.6) is 0 Å². The van der Waals surface area contributed by atoms with E-state index in [2.05, 4.69) is 28.8 Å². The Morgan fingerprint density at radius 2 is 1.65 bits per heavy atom. The number of nitriles is 1. The smallest absolute Gasteiger partial charge is 0.221 e. The molecule has 0 spiro atoms. The van der Waals surface area contributed by atoms with Crippen molar-refractivity contribution in [2.45, 2.75) is 20.3 Å². The minimum Gasteiger partial charge on any atom is -0.341 e. The summed E-state index contributed by atoms with van der Waals surface area (Å²) in [6, 6.07) is 28.1. The zero-order valence-corrected chi connectivity index (χ0v) is 19.0. The summed E-state index contributed by atoms with van der Waals surface area (Å²) in [6.45, 7) is 3.48. The first kappa shape index (κ1) is 21.2. The molecule has 5 aromatic rings. The van der Waals surface area contributed by atoms with E-state index in [1.807, 2.05) is 78.1 Å². The molecular weight excluding hydrogens is 422 g/mol. The lowest BCUT2D eigenvalue weighted by molar-refractivity contribution is -0.114. The van der Waals surface area contributed by atoms with Crippen LogP contribution in [0.3, 0.4) is 0 Å². The first-order chi connectivity index (χ1) is 16.5. The lowest BCUT2D eigenvalue weighted by Crippen LogP contribution is -2.09. The molecule has 0 atom stereocenters. The van der Waals surface area contributed by atoms with E-state index in [4.69, 9.17) is 4.98 Å². The van der Waals surface area contributed by atoms with Crippen LogP contribution in [0.4, 0.5) is 17.2 Å². The molecule has 0 radical (unpaired) electrons. The highest BCUT2D eigenvalue weighted by atomic mass is 16.1. The van der Waals surface area contributed by atoms with E-state index in [1.165, 1.54) is 6.92 Å². The molecule has 0 bridgehead atoms. The summed E-state index contributed by atoms with van der Waals surface area (Å²) >= 11 is 0. The topological polar surface area (TPSA) is 82.2 Å². The molecule has 0 saturated carbocycles. The van der Waals surface area contributed by atoms with E-state index in [1.54, 1.807) is 0 Å². The van der Waals surface area contributed by atoms with Crippen LogP contribution in [-0.4, -0.2) is 15.3 Å². The number of hydrogen-bond acceptors (Lipinski definition) is 4. The minimum absolute atomic E-state index is 0.111. The van der Waals surface area contributed by atoms with Gasteiger partial charge in [0.15, 0.2) is 5.65 Å². The van der Waals surface area contributed by atoms with Gasteiger partial charge < -0.3 is 10.6 Å². The lowest BCUT2D eigenvalue weighted by atomic mass is 9.97. The standard InChI is InChI=1S/C28H23N5O/c1-18-23(16-20-8-4-3-5-9-20)27(31-22-14-12-21(13-15-22)30-19(2)34)33-26-11-7-6-10-25(26)32-28(33)24(18)17-29/h3-15,31H,16H2,1-2H3,(H,30,34). The summed E-state index contributed by atoms with van der Waals surface area (Å²) in [5.74, 6) is 0.761. The summed E-state index contributed by atoms with van der Waals surface area (Å²) in [7, 11) is 0. The molecule has 0 aliphatic carbocycles. The van der Waals surface area contributed by atoms with Gasteiger partial charge in [0.05, 0.1) is 16.6 Å². The number of hydrogen-bond donors (Lipinski definition) is 2. The number of para-hydroxylation sites is 2. The first-order valence-corrected chi connectivity index (χ1v) is 11.1. The summed E-state index contributed by atoms with van der Waals surface area (Å²) < 4.78 is 2.04. The molecule has 0 unspecified atom stereocenters. The van der Waals surface area contributed by atoms with Crippen molar-refractivity contribution in [3.63, 3.8) is 0 Å². The van der Waals surface area contributed by atoms with Gasteiger partial charge in [-0.15, -0.1) is 0 Å². The number of pyridine rings is 1. The van der Waals surface area contributed by atoms with E-state index in [-0.39, 0.29) is 5.91 Å². The molecule has 2 aromatic heterocycles. The van der Waals surface area contributed by atoms with Gasteiger partial charge in [0.1, 0.15) is 11.9 Å². The number of amides is 1. The second kappa shape index (κ2) is 8.72. The number of carbonyl (C=O) groups is 1. The number of aromatic nitrogens is 2. The van der Waals surface area contributed by atoms with E-state index in [9.17, 15) is 10.1 Å². The maximum atomic E-state index is 11.4. The van der Waals surface area contributed by atoms with Gasteiger partial charge in [-0.2, -0.15) is 5.26 Å².